The molecule has 0 spiro atoms. The molecule has 1 atom stereocenters. The lowest BCUT2D eigenvalue weighted by Crippen LogP contribution is -2.44. The van der Waals surface area contributed by atoms with Gasteiger partial charge in [-0.25, -0.2) is 4.79 Å². The Morgan fingerprint density at radius 3 is 2.61 bits per heavy atom. The minimum Gasteiger partial charge on any atom is -0.494 e. The van der Waals surface area contributed by atoms with Crippen LogP contribution >= 0.6 is 0 Å². The third-order valence-corrected chi connectivity index (χ3v) is 7.42. The molecule has 1 aliphatic rings. The maximum Gasteiger partial charge on any atom is 0.408 e. The van der Waals surface area contributed by atoms with E-state index in [1.807, 2.05) is 19.1 Å². The van der Waals surface area contributed by atoms with Crippen LogP contribution in [0.4, 0.5) is 10.5 Å². The van der Waals surface area contributed by atoms with Gasteiger partial charge < -0.3 is 15.2 Å². The number of hydrogen-bond acceptors (Lipinski definition) is 4. The number of carbonyl (C=O) groups is 2. The van der Waals surface area contributed by atoms with Gasteiger partial charge in [-0.05, 0) is 53.9 Å². The Kier molecular flexibility index (Phi) is 6.36. The van der Waals surface area contributed by atoms with E-state index in [0.717, 1.165) is 15.7 Å². The second-order valence-electron chi connectivity index (χ2n) is 8.53. The van der Waals surface area contributed by atoms with Crippen LogP contribution in [-0.2, 0) is 11.2 Å². The van der Waals surface area contributed by atoms with Gasteiger partial charge in [0, 0.05) is 12.2 Å². The molecule has 0 fully saturated rings. The number of benzene rings is 2. The average molecular weight is 438 g/mol. The zero-order chi connectivity index (χ0) is 22.8. The van der Waals surface area contributed by atoms with E-state index in [1.165, 1.54) is 0 Å². The highest BCUT2D eigenvalue weighted by molar-refractivity contribution is 6.89. The van der Waals surface area contributed by atoms with E-state index in [0.29, 0.717) is 35.6 Å². The lowest BCUT2D eigenvalue weighted by molar-refractivity contribution is -0.121. The zero-order valence-electron chi connectivity index (χ0n) is 18.2. The SMILES string of the molecule is CCOc1ccc2c(c1)CCN(C(=O)O)[C@H]2C(=O)Nc1ccc([Si](C)(C)C)c(C#N)c1. The Labute approximate surface area is 183 Å². The standard InChI is InChI=1S/C23H27N3O4Si/c1-5-30-18-7-8-19-15(13-18)10-11-26(23(28)29)21(19)22(27)25-17-6-9-20(31(2,3)4)16(12-17)14-24/h6-9,12-13,21H,5,10-11H2,1-4H3,(H,25,27)(H,28,29)/t21-/m1/s1. The summed E-state index contributed by atoms with van der Waals surface area (Å²) in [6.07, 6.45) is -0.637. The first-order chi connectivity index (χ1) is 14.7. The average Bonchev–Trinajstić information content (AvgIpc) is 2.71. The van der Waals surface area contributed by atoms with Crippen molar-refractivity contribution in [3.05, 3.63) is 53.1 Å². The fourth-order valence-corrected chi connectivity index (χ4v) is 5.45. The number of rotatable bonds is 5. The highest BCUT2D eigenvalue weighted by atomic mass is 28.3. The number of carboxylic acid groups (broad SMARTS) is 1. The molecule has 162 valence electrons. The number of ether oxygens (including phenoxy) is 1. The molecule has 1 aliphatic heterocycles. The summed E-state index contributed by atoms with van der Waals surface area (Å²) in [6.45, 7) is 9.10. The maximum absolute atomic E-state index is 13.2. The molecule has 2 amide bonds. The van der Waals surface area contributed by atoms with Crippen molar-refractivity contribution in [2.45, 2.75) is 39.0 Å². The van der Waals surface area contributed by atoms with Gasteiger partial charge in [0.25, 0.3) is 5.91 Å². The number of nitrogens with zero attached hydrogens (tertiary/aromatic N) is 2. The molecule has 7 nitrogen and oxygen atoms in total. The van der Waals surface area contributed by atoms with Gasteiger partial charge in [-0.1, -0.05) is 31.8 Å². The third kappa shape index (κ3) is 4.72. The molecule has 0 unspecified atom stereocenters. The topological polar surface area (TPSA) is 103 Å². The van der Waals surface area contributed by atoms with Crippen LogP contribution in [0.25, 0.3) is 0 Å². The zero-order valence-corrected chi connectivity index (χ0v) is 19.2. The predicted molar refractivity (Wildman–Crippen MR) is 122 cm³/mol. The summed E-state index contributed by atoms with van der Waals surface area (Å²) in [5.41, 5.74) is 2.56. The summed E-state index contributed by atoms with van der Waals surface area (Å²) in [4.78, 5) is 26.2. The van der Waals surface area contributed by atoms with Crippen molar-refractivity contribution >= 4 is 30.9 Å². The molecular formula is C23H27N3O4Si. The van der Waals surface area contributed by atoms with Gasteiger partial charge in [-0.2, -0.15) is 5.26 Å². The van der Waals surface area contributed by atoms with Crippen LogP contribution in [-0.4, -0.2) is 43.2 Å². The summed E-state index contributed by atoms with van der Waals surface area (Å²) in [5.74, 6) is 0.252. The highest BCUT2D eigenvalue weighted by Gasteiger charge is 2.36. The van der Waals surface area contributed by atoms with E-state index in [-0.39, 0.29) is 6.54 Å². The molecule has 0 aliphatic carbocycles. The Morgan fingerprint density at radius 1 is 1.26 bits per heavy atom. The van der Waals surface area contributed by atoms with Gasteiger partial charge in [0.15, 0.2) is 0 Å². The summed E-state index contributed by atoms with van der Waals surface area (Å²) in [6, 6.07) is 12.0. The van der Waals surface area contributed by atoms with Crippen LogP contribution in [0, 0.1) is 11.3 Å². The molecule has 0 saturated carbocycles. The Morgan fingerprint density at radius 2 is 2.00 bits per heavy atom. The number of anilines is 1. The molecule has 3 rings (SSSR count). The van der Waals surface area contributed by atoms with Crippen molar-refractivity contribution in [1.29, 1.82) is 5.26 Å². The molecule has 8 heteroatoms. The number of carbonyl (C=O) groups excluding carboxylic acids is 1. The maximum atomic E-state index is 13.2. The van der Waals surface area contributed by atoms with Crippen LogP contribution < -0.4 is 15.2 Å². The van der Waals surface area contributed by atoms with Crippen LogP contribution in [0.15, 0.2) is 36.4 Å². The van der Waals surface area contributed by atoms with Crippen molar-refractivity contribution in [2.24, 2.45) is 0 Å². The Bertz CT molecular complexity index is 1060. The monoisotopic (exact) mass is 437 g/mol. The molecule has 1 heterocycles. The van der Waals surface area contributed by atoms with Crippen molar-refractivity contribution < 1.29 is 19.4 Å². The highest BCUT2D eigenvalue weighted by Crippen LogP contribution is 2.33. The molecule has 31 heavy (non-hydrogen) atoms. The molecule has 2 N–H and O–H groups in total. The molecule has 0 aromatic heterocycles. The minimum atomic E-state index is -1.71. The van der Waals surface area contributed by atoms with Gasteiger partial charge in [0.05, 0.1) is 26.3 Å². The first kappa shape index (κ1) is 22.4. The largest absolute Gasteiger partial charge is 0.494 e. The molecule has 0 bridgehead atoms. The number of fused-ring (bicyclic) bond motifs is 1. The lowest BCUT2D eigenvalue weighted by atomic mass is 9.92. The molecular weight excluding hydrogens is 410 g/mol. The number of nitrogens with one attached hydrogen (secondary N) is 1. The van der Waals surface area contributed by atoms with Crippen molar-refractivity contribution in [1.82, 2.24) is 4.90 Å². The summed E-state index contributed by atoms with van der Waals surface area (Å²) in [5, 5.41) is 23.1. The number of nitriles is 1. The molecule has 0 saturated heterocycles. The molecule has 2 aromatic rings. The summed E-state index contributed by atoms with van der Waals surface area (Å²) >= 11 is 0. The minimum absolute atomic E-state index is 0.216. The van der Waals surface area contributed by atoms with Crippen LogP contribution in [0.2, 0.25) is 19.6 Å². The van der Waals surface area contributed by atoms with Crippen LogP contribution in [0.3, 0.4) is 0 Å². The van der Waals surface area contributed by atoms with E-state index >= 15 is 0 Å². The Balaban J connectivity index is 1.94. The van der Waals surface area contributed by atoms with E-state index in [2.05, 4.69) is 31.0 Å². The number of amides is 2. The van der Waals surface area contributed by atoms with E-state index in [9.17, 15) is 20.0 Å². The Hall–Kier alpha value is -3.31. The first-order valence-corrected chi connectivity index (χ1v) is 13.8. The third-order valence-electron chi connectivity index (χ3n) is 5.36. The van der Waals surface area contributed by atoms with Gasteiger partial charge >= 0.3 is 6.09 Å². The quantitative estimate of drug-likeness (QED) is 0.694. The van der Waals surface area contributed by atoms with E-state index in [1.54, 1.807) is 24.3 Å². The fraction of sp³-hybridized carbons (Fsp3) is 0.348. The van der Waals surface area contributed by atoms with Crippen molar-refractivity contribution in [3.63, 3.8) is 0 Å². The lowest BCUT2D eigenvalue weighted by Gasteiger charge is -2.34. The predicted octanol–water partition coefficient (Wildman–Crippen LogP) is 3.72. The smallest absolute Gasteiger partial charge is 0.408 e. The fourth-order valence-electron chi connectivity index (χ4n) is 3.93. The van der Waals surface area contributed by atoms with Gasteiger partial charge in [-0.3, -0.25) is 9.69 Å². The second kappa shape index (κ2) is 8.82. The van der Waals surface area contributed by atoms with Gasteiger partial charge in [0.2, 0.25) is 0 Å². The first-order valence-electron chi connectivity index (χ1n) is 10.3. The molecule has 0 radical (unpaired) electrons. The summed E-state index contributed by atoms with van der Waals surface area (Å²) < 4.78 is 5.54. The number of hydrogen-bond donors (Lipinski definition) is 2. The van der Waals surface area contributed by atoms with Crippen molar-refractivity contribution in [2.75, 3.05) is 18.5 Å². The van der Waals surface area contributed by atoms with E-state index in [4.69, 9.17) is 4.74 Å². The van der Waals surface area contributed by atoms with Gasteiger partial charge in [0.1, 0.15) is 11.8 Å². The van der Waals surface area contributed by atoms with Crippen LogP contribution in [0.1, 0.15) is 29.7 Å². The van der Waals surface area contributed by atoms with E-state index < -0.39 is 26.1 Å². The second-order valence-corrected chi connectivity index (χ2v) is 13.6. The van der Waals surface area contributed by atoms with Gasteiger partial charge in [-0.15, -0.1) is 0 Å². The summed E-state index contributed by atoms with van der Waals surface area (Å²) in [7, 11) is -1.71. The van der Waals surface area contributed by atoms with Crippen molar-refractivity contribution in [3.8, 4) is 11.8 Å². The normalized spacial score (nSPS) is 15.6. The van der Waals surface area contributed by atoms with Crippen LogP contribution in [0.5, 0.6) is 5.75 Å². The molecule has 2 aromatic carbocycles.